The summed E-state index contributed by atoms with van der Waals surface area (Å²) >= 11 is 0. The number of hydrogen-bond donors (Lipinski definition) is 1. The highest BCUT2D eigenvalue weighted by molar-refractivity contribution is 5.16. The molecule has 2 rings (SSSR count). The Bertz CT molecular complexity index is 390. The minimum Gasteiger partial charge on any atom is -0.346 e. The topological polar surface area (TPSA) is 28.7 Å². The molecule has 2 nitrogen and oxygen atoms in total. The van der Waals surface area contributed by atoms with Crippen LogP contribution in [0.25, 0.3) is 0 Å². The molecule has 2 aromatic rings. The van der Waals surface area contributed by atoms with Gasteiger partial charge in [0.1, 0.15) is 5.82 Å². The average Bonchev–Trinajstić information content (AvgIpc) is 2.63. The molecular formula is C13H18N2. The fraction of sp³-hybridized carbons (Fsp3) is 0.308. The van der Waals surface area contributed by atoms with E-state index in [9.17, 15) is 0 Å². The van der Waals surface area contributed by atoms with Gasteiger partial charge in [-0.05, 0) is 25.3 Å². The van der Waals surface area contributed by atoms with Gasteiger partial charge >= 0.3 is 0 Å². The van der Waals surface area contributed by atoms with E-state index in [-0.39, 0.29) is 7.43 Å². The fourth-order valence-electron chi connectivity index (χ4n) is 1.52. The van der Waals surface area contributed by atoms with Crippen molar-refractivity contribution in [3.63, 3.8) is 0 Å². The summed E-state index contributed by atoms with van der Waals surface area (Å²) in [5.41, 5.74) is 2.59. The first-order valence-electron chi connectivity index (χ1n) is 4.89. The molecule has 1 N–H and O–H groups in total. The lowest BCUT2D eigenvalue weighted by Crippen LogP contribution is -1.90. The van der Waals surface area contributed by atoms with Crippen LogP contribution in [-0.2, 0) is 12.8 Å². The Morgan fingerprint density at radius 1 is 1.13 bits per heavy atom. The lowest BCUT2D eigenvalue weighted by Gasteiger charge is -1.98. The van der Waals surface area contributed by atoms with Crippen LogP contribution < -0.4 is 0 Å². The molecule has 0 bridgehead atoms. The number of aromatic nitrogens is 2. The largest absolute Gasteiger partial charge is 0.346 e. The third-order valence-corrected chi connectivity index (χ3v) is 2.28. The number of rotatable bonds is 3. The van der Waals surface area contributed by atoms with Crippen LogP contribution in [0.4, 0.5) is 0 Å². The van der Waals surface area contributed by atoms with Crippen LogP contribution in [0, 0.1) is 6.92 Å². The standard InChI is InChI=1S/C12H14N2.CH4/c1-10-13-9-12(14-10)8-7-11-5-3-2-4-6-11;/h2-6,9H,7-8H2,1H3,(H,13,14);1H4. The number of imidazole rings is 1. The zero-order chi connectivity index (χ0) is 9.80. The smallest absolute Gasteiger partial charge is 0.103 e. The molecule has 2 heteroatoms. The predicted octanol–water partition coefficient (Wildman–Crippen LogP) is 3.14. The number of hydrogen-bond acceptors (Lipinski definition) is 1. The second-order valence-electron chi connectivity index (χ2n) is 3.48. The first kappa shape index (κ1) is 11.5. The maximum atomic E-state index is 4.17. The van der Waals surface area contributed by atoms with E-state index in [0.717, 1.165) is 18.7 Å². The van der Waals surface area contributed by atoms with Gasteiger partial charge in [-0.3, -0.25) is 0 Å². The molecule has 0 aliphatic carbocycles. The number of H-pyrrole nitrogens is 1. The molecule has 1 aromatic heterocycles. The van der Waals surface area contributed by atoms with Crippen LogP contribution in [-0.4, -0.2) is 9.97 Å². The Morgan fingerprint density at radius 2 is 1.87 bits per heavy atom. The molecule has 0 aliphatic heterocycles. The van der Waals surface area contributed by atoms with E-state index in [1.807, 2.05) is 19.2 Å². The summed E-state index contributed by atoms with van der Waals surface area (Å²) in [5.74, 6) is 0.994. The molecule has 0 amide bonds. The maximum Gasteiger partial charge on any atom is 0.103 e. The molecule has 0 spiro atoms. The summed E-state index contributed by atoms with van der Waals surface area (Å²) in [6, 6.07) is 10.5. The van der Waals surface area contributed by atoms with Crippen molar-refractivity contribution < 1.29 is 0 Å². The third-order valence-electron chi connectivity index (χ3n) is 2.28. The van der Waals surface area contributed by atoms with Crippen LogP contribution >= 0.6 is 0 Å². The van der Waals surface area contributed by atoms with E-state index < -0.39 is 0 Å². The van der Waals surface area contributed by atoms with Gasteiger partial charge in [0.2, 0.25) is 0 Å². The fourth-order valence-corrected chi connectivity index (χ4v) is 1.52. The van der Waals surface area contributed by atoms with Crippen molar-refractivity contribution >= 4 is 0 Å². The van der Waals surface area contributed by atoms with E-state index in [2.05, 4.69) is 34.2 Å². The highest BCUT2D eigenvalue weighted by Gasteiger charge is 1.97. The molecule has 15 heavy (non-hydrogen) atoms. The van der Waals surface area contributed by atoms with Crippen LogP contribution in [0.3, 0.4) is 0 Å². The van der Waals surface area contributed by atoms with Crippen molar-refractivity contribution in [1.82, 2.24) is 9.97 Å². The molecular weight excluding hydrogens is 184 g/mol. The Morgan fingerprint density at radius 3 is 2.47 bits per heavy atom. The van der Waals surface area contributed by atoms with Gasteiger partial charge in [0.05, 0.1) is 0 Å². The summed E-state index contributed by atoms with van der Waals surface area (Å²) in [4.78, 5) is 7.41. The summed E-state index contributed by atoms with van der Waals surface area (Å²) < 4.78 is 0. The van der Waals surface area contributed by atoms with Crippen LogP contribution in [0.1, 0.15) is 24.5 Å². The van der Waals surface area contributed by atoms with Crippen molar-refractivity contribution in [3.8, 4) is 0 Å². The number of nitrogens with zero attached hydrogens (tertiary/aromatic N) is 1. The Hall–Kier alpha value is -1.57. The van der Waals surface area contributed by atoms with Crippen molar-refractivity contribution in [2.45, 2.75) is 27.2 Å². The van der Waals surface area contributed by atoms with Gasteiger partial charge in [0.15, 0.2) is 0 Å². The molecule has 0 unspecified atom stereocenters. The van der Waals surface area contributed by atoms with Gasteiger partial charge in [0, 0.05) is 11.9 Å². The average molecular weight is 202 g/mol. The highest BCUT2D eigenvalue weighted by atomic mass is 14.9. The van der Waals surface area contributed by atoms with Crippen LogP contribution in [0.5, 0.6) is 0 Å². The van der Waals surface area contributed by atoms with Crippen molar-refractivity contribution in [1.29, 1.82) is 0 Å². The zero-order valence-corrected chi connectivity index (χ0v) is 8.33. The summed E-state index contributed by atoms with van der Waals surface area (Å²) in [6.45, 7) is 1.98. The first-order chi connectivity index (χ1) is 6.84. The first-order valence-corrected chi connectivity index (χ1v) is 4.89. The monoisotopic (exact) mass is 202 g/mol. The number of aromatic amines is 1. The maximum absolute atomic E-state index is 4.17. The second-order valence-corrected chi connectivity index (χ2v) is 3.48. The van der Waals surface area contributed by atoms with Crippen LogP contribution in [0.2, 0.25) is 0 Å². The quantitative estimate of drug-likeness (QED) is 0.813. The predicted molar refractivity (Wildman–Crippen MR) is 63.9 cm³/mol. The minimum absolute atomic E-state index is 0. The van der Waals surface area contributed by atoms with Gasteiger partial charge in [-0.15, -0.1) is 0 Å². The van der Waals surface area contributed by atoms with Gasteiger partial charge in [-0.25, -0.2) is 4.98 Å². The molecule has 0 fully saturated rings. The Labute approximate surface area is 91.4 Å². The Balaban J connectivity index is 0.00000112. The zero-order valence-electron chi connectivity index (χ0n) is 8.33. The number of benzene rings is 1. The van der Waals surface area contributed by atoms with E-state index in [0.29, 0.717) is 0 Å². The second kappa shape index (κ2) is 5.35. The van der Waals surface area contributed by atoms with Gasteiger partial charge < -0.3 is 4.98 Å². The number of nitrogens with one attached hydrogen (secondary N) is 1. The Kier molecular flexibility index (Phi) is 4.10. The van der Waals surface area contributed by atoms with E-state index in [4.69, 9.17) is 0 Å². The molecule has 1 heterocycles. The lowest BCUT2D eigenvalue weighted by atomic mass is 10.1. The van der Waals surface area contributed by atoms with E-state index in [1.54, 1.807) is 0 Å². The summed E-state index contributed by atoms with van der Waals surface area (Å²) in [6.07, 6.45) is 4.02. The molecule has 0 saturated carbocycles. The molecule has 1 aromatic carbocycles. The molecule has 80 valence electrons. The molecule has 0 radical (unpaired) electrons. The van der Waals surface area contributed by atoms with Crippen molar-refractivity contribution in [3.05, 3.63) is 53.6 Å². The van der Waals surface area contributed by atoms with Gasteiger partial charge in [-0.2, -0.15) is 0 Å². The SMILES string of the molecule is C.Cc1ncc(CCc2ccccc2)[nH]1. The van der Waals surface area contributed by atoms with Crippen LogP contribution in [0.15, 0.2) is 36.5 Å². The number of aryl methyl sites for hydroxylation is 3. The molecule has 0 atom stereocenters. The molecule has 0 saturated heterocycles. The highest BCUT2D eigenvalue weighted by Crippen LogP contribution is 2.05. The minimum atomic E-state index is 0. The van der Waals surface area contributed by atoms with Crippen molar-refractivity contribution in [2.24, 2.45) is 0 Å². The van der Waals surface area contributed by atoms with Crippen molar-refractivity contribution in [2.75, 3.05) is 0 Å². The van der Waals surface area contributed by atoms with E-state index in [1.165, 1.54) is 11.3 Å². The van der Waals surface area contributed by atoms with Gasteiger partial charge in [0.25, 0.3) is 0 Å². The normalized spacial score (nSPS) is 9.67. The summed E-state index contributed by atoms with van der Waals surface area (Å²) in [5, 5.41) is 0. The van der Waals surface area contributed by atoms with E-state index >= 15 is 0 Å². The lowest BCUT2D eigenvalue weighted by molar-refractivity contribution is 0.920. The summed E-state index contributed by atoms with van der Waals surface area (Å²) in [7, 11) is 0. The molecule has 0 aliphatic rings. The van der Waals surface area contributed by atoms with Gasteiger partial charge in [-0.1, -0.05) is 37.8 Å². The third kappa shape index (κ3) is 3.24.